The van der Waals surface area contributed by atoms with Gasteiger partial charge in [0.15, 0.2) is 0 Å². The smallest absolute Gasteiger partial charge is 0.326 e. The zero-order valence-corrected chi connectivity index (χ0v) is 5.99. The Kier molecular flexibility index (Phi) is 1.98. The lowest BCUT2D eigenvalue weighted by molar-refractivity contribution is -0.141. The molecule has 1 unspecified atom stereocenters. The van der Waals surface area contributed by atoms with Crippen molar-refractivity contribution in [2.75, 3.05) is 6.54 Å². The first kappa shape index (κ1) is 7.84. The molecule has 0 aromatic carbocycles. The number of primary amides is 1. The van der Waals surface area contributed by atoms with Crippen LogP contribution in [0.25, 0.3) is 0 Å². The van der Waals surface area contributed by atoms with Crippen LogP contribution in [0, 0.1) is 0 Å². The van der Waals surface area contributed by atoms with Gasteiger partial charge in [0.05, 0.1) is 0 Å². The van der Waals surface area contributed by atoms with Gasteiger partial charge < -0.3 is 15.7 Å². The van der Waals surface area contributed by atoms with Crippen LogP contribution in [0.15, 0.2) is 0 Å². The Balaban J connectivity index is 2.65. The fourth-order valence-corrected chi connectivity index (χ4v) is 1.29. The van der Waals surface area contributed by atoms with Crippen LogP contribution in [0.4, 0.5) is 4.79 Å². The monoisotopic (exact) mass is 158 g/mol. The Bertz CT molecular complexity index is 172. The van der Waals surface area contributed by atoms with Gasteiger partial charge in [-0.25, -0.2) is 9.59 Å². The standard InChI is InChI=1S/C6H10N2O3/c7-6(11)8-3-1-2-4(8)5(9)10/h4H,1-3H2,(H2,7,11)(H,9,10). The number of carbonyl (C=O) groups excluding carboxylic acids is 1. The van der Waals surface area contributed by atoms with Gasteiger partial charge in [0.1, 0.15) is 6.04 Å². The molecule has 1 rings (SSSR count). The van der Waals surface area contributed by atoms with E-state index in [0.717, 1.165) is 6.42 Å². The van der Waals surface area contributed by atoms with Crippen LogP contribution < -0.4 is 5.73 Å². The molecule has 0 radical (unpaired) electrons. The molecule has 5 heteroatoms. The van der Waals surface area contributed by atoms with E-state index in [1.807, 2.05) is 0 Å². The lowest BCUT2D eigenvalue weighted by Crippen LogP contribution is -2.43. The molecule has 1 aliphatic rings. The molecule has 0 bridgehead atoms. The number of carboxylic acids is 1. The summed E-state index contributed by atoms with van der Waals surface area (Å²) in [6.45, 7) is 0.465. The van der Waals surface area contributed by atoms with Crippen LogP contribution in [0.3, 0.4) is 0 Å². The number of hydrogen-bond acceptors (Lipinski definition) is 2. The molecule has 2 amide bonds. The maximum atomic E-state index is 10.6. The summed E-state index contributed by atoms with van der Waals surface area (Å²) in [5, 5.41) is 8.58. The van der Waals surface area contributed by atoms with Crippen molar-refractivity contribution in [3.05, 3.63) is 0 Å². The Labute approximate surface area is 63.8 Å². The molecule has 11 heavy (non-hydrogen) atoms. The zero-order chi connectivity index (χ0) is 8.43. The molecule has 0 aliphatic carbocycles. The molecular formula is C6H10N2O3. The number of amides is 2. The first-order valence-corrected chi connectivity index (χ1v) is 3.42. The highest BCUT2D eigenvalue weighted by atomic mass is 16.4. The van der Waals surface area contributed by atoms with Crippen molar-refractivity contribution in [2.45, 2.75) is 18.9 Å². The molecule has 1 heterocycles. The first-order valence-electron chi connectivity index (χ1n) is 3.42. The average Bonchev–Trinajstić information content (AvgIpc) is 2.32. The second-order valence-electron chi connectivity index (χ2n) is 2.53. The van der Waals surface area contributed by atoms with Crippen molar-refractivity contribution < 1.29 is 14.7 Å². The van der Waals surface area contributed by atoms with Crippen molar-refractivity contribution >= 4 is 12.0 Å². The number of urea groups is 1. The van der Waals surface area contributed by atoms with Crippen molar-refractivity contribution in [2.24, 2.45) is 5.73 Å². The number of hydrogen-bond donors (Lipinski definition) is 2. The predicted molar refractivity (Wildman–Crippen MR) is 36.9 cm³/mol. The summed E-state index contributed by atoms with van der Waals surface area (Å²) in [4.78, 5) is 22.3. The van der Waals surface area contributed by atoms with Gasteiger partial charge in [0.25, 0.3) is 0 Å². The summed E-state index contributed by atoms with van der Waals surface area (Å²) in [6.07, 6.45) is 1.23. The normalized spacial score (nSPS) is 23.6. The van der Waals surface area contributed by atoms with Gasteiger partial charge in [-0.3, -0.25) is 0 Å². The lowest BCUT2D eigenvalue weighted by Gasteiger charge is -2.17. The van der Waals surface area contributed by atoms with Crippen molar-refractivity contribution in [1.82, 2.24) is 4.90 Å². The van der Waals surface area contributed by atoms with E-state index >= 15 is 0 Å². The van der Waals surface area contributed by atoms with E-state index in [1.165, 1.54) is 4.90 Å². The van der Waals surface area contributed by atoms with Gasteiger partial charge in [0, 0.05) is 6.54 Å². The number of aliphatic carboxylic acids is 1. The third-order valence-corrected chi connectivity index (χ3v) is 1.82. The van der Waals surface area contributed by atoms with E-state index in [1.54, 1.807) is 0 Å². The van der Waals surface area contributed by atoms with E-state index in [9.17, 15) is 9.59 Å². The molecule has 0 saturated carbocycles. The van der Waals surface area contributed by atoms with Crippen LogP contribution in [0.1, 0.15) is 12.8 Å². The molecule has 0 spiro atoms. The largest absolute Gasteiger partial charge is 0.480 e. The highest BCUT2D eigenvalue weighted by Crippen LogP contribution is 2.16. The van der Waals surface area contributed by atoms with Crippen molar-refractivity contribution in [3.63, 3.8) is 0 Å². The van der Waals surface area contributed by atoms with E-state index in [-0.39, 0.29) is 0 Å². The second kappa shape index (κ2) is 2.77. The highest BCUT2D eigenvalue weighted by Gasteiger charge is 2.32. The van der Waals surface area contributed by atoms with E-state index in [2.05, 4.69) is 0 Å². The quantitative estimate of drug-likeness (QED) is 0.545. The summed E-state index contributed by atoms with van der Waals surface area (Å²) in [5.41, 5.74) is 4.95. The third kappa shape index (κ3) is 1.42. The Hall–Kier alpha value is -1.26. The molecule has 1 saturated heterocycles. The number of likely N-dealkylation sites (tertiary alicyclic amines) is 1. The van der Waals surface area contributed by atoms with Gasteiger partial charge in [-0.1, -0.05) is 0 Å². The Morgan fingerprint density at radius 3 is 2.55 bits per heavy atom. The SMILES string of the molecule is NC(=O)N1CCCC1C(=O)O. The fourth-order valence-electron chi connectivity index (χ4n) is 1.29. The van der Waals surface area contributed by atoms with Gasteiger partial charge in [-0.05, 0) is 12.8 Å². The molecule has 1 fully saturated rings. The maximum absolute atomic E-state index is 10.6. The fraction of sp³-hybridized carbons (Fsp3) is 0.667. The third-order valence-electron chi connectivity index (χ3n) is 1.82. The predicted octanol–water partition coefficient (Wildman–Crippen LogP) is -0.386. The number of nitrogens with two attached hydrogens (primary N) is 1. The molecule has 0 aromatic rings. The van der Waals surface area contributed by atoms with Crippen LogP contribution in [0.5, 0.6) is 0 Å². The van der Waals surface area contributed by atoms with Gasteiger partial charge in [-0.2, -0.15) is 0 Å². The Morgan fingerprint density at radius 1 is 1.55 bits per heavy atom. The van der Waals surface area contributed by atoms with Gasteiger partial charge in [-0.15, -0.1) is 0 Å². The molecule has 0 aromatic heterocycles. The molecule has 1 aliphatic heterocycles. The van der Waals surface area contributed by atoms with E-state index < -0.39 is 18.0 Å². The van der Waals surface area contributed by atoms with Crippen LogP contribution in [-0.4, -0.2) is 34.6 Å². The van der Waals surface area contributed by atoms with Crippen LogP contribution in [-0.2, 0) is 4.79 Å². The minimum atomic E-state index is -0.971. The maximum Gasteiger partial charge on any atom is 0.326 e. The summed E-state index contributed by atoms with van der Waals surface area (Å²) < 4.78 is 0. The van der Waals surface area contributed by atoms with Gasteiger partial charge in [0.2, 0.25) is 0 Å². The van der Waals surface area contributed by atoms with Crippen molar-refractivity contribution in [1.29, 1.82) is 0 Å². The number of carboxylic acid groups (broad SMARTS) is 1. The van der Waals surface area contributed by atoms with E-state index in [4.69, 9.17) is 10.8 Å². The topological polar surface area (TPSA) is 83.6 Å². The van der Waals surface area contributed by atoms with Crippen LogP contribution >= 0.6 is 0 Å². The first-order chi connectivity index (χ1) is 5.13. The second-order valence-corrected chi connectivity index (χ2v) is 2.53. The number of nitrogens with zero attached hydrogens (tertiary/aromatic N) is 1. The summed E-state index contributed by atoms with van der Waals surface area (Å²) in [6, 6.07) is -1.34. The van der Waals surface area contributed by atoms with Crippen molar-refractivity contribution in [3.8, 4) is 0 Å². The van der Waals surface area contributed by atoms with Crippen LogP contribution in [0.2, 0.25) is 0 Å². The average molecular weight is 158 g/mol. The minimum absolute atomic E-state index is 0.465. The molecule has 1 atom stereocenters. The highest BCUT2D eigenvalue weighted by molar-refractivity contribution is 5.82. The molecule has 62 valence electrons. The molecule has 5 nitrogen and oxygen atoms in total. The minimum Gasteiger partial charge on any atom is -0.480 e. The summed E-state index contributed by atoms with van der Waals surface area (Å²) >= 11 is 0. The lowest BCUT2D eigenvalue weighted by atomic mass is 10.2. The van der Waals surface area contributed by atoms with E-state index in [0.29, 0.717) is 13.0 Å². The van der Waals surface area contributed by atoms with Gasteiger partial charge >= 0.3 is 12.0 Å². The number of rotatable bonds is 1. The summed E-state index contributed by atoms with van der Waals surface area (Å²) in [5.74, 6) is -0.971. The Morgan fingerprint density at radius 2 is 2.18 bits per heavy atom. The molecular weight excluding hydrogens is 148 g/mol. The number of carbonyl (C=O) groups is 2. The molecule has 3 N–H and O–H groups in total. The zero-order valence-electron chi connectivity index (χ0n) is 5.99. The summed E-state index contributed by atoms with van der Waals surface area (Å²) in [7, 11) is 0.